The molecule has 0 saturated carbocycles. The largest absolute Gasteiger partial charge is 0.481 e. The molecule has 24 heavy (non-hydrogen) atoms. The van der Waals surface area contributed by atoms with Crippen LogP contribution in [-0.4, -0.2) is 40.0 Å². The van der Waals surface area contributed by atoms with Crippen LogP contribution in [0, 0.1) is 12.3 Å². The number of aryl methyl sites for hydroxylation is 1. The maximum atomic E-state index is 12.7. The van der Waals surface area contributed by atoms with Crippen LogP contribution in [-0.2, 0) is 11.2 Å². The summed E-state index contributed by atoms with van der Waals surface area (Å²) < 4.78 is 0. The van der Waals surface area contributed by atoms with Gasteiger partial charge in [0.25, 0.3) is 5.91 Å². The van der Waals surface area contributed by atoms with Crippen LogP contribution < -0.4 is 0 Å². The number of aliphatic carboxylic acids is 1. The normalized spacial score (nSPS) is 20.3. The monoisotopic (exact) mass is 344 g/mol. The quantitative estimate of drug-likeness (QED) is 0.926. The van der Waals surface area contributed by atoms with E-state index in [4.69, 9.17) is 0 Å². The first kappa shape index (κ1) is 16.6. The molecule has 1 aromatic carbocycles. The average Bonchev–Trinajstić information content (AvgIpc) is 3.12. The van der Waals surface area contributed by atoms with Crippen LogP contribution in [0.3, 0.4) is 0 Å². The van der Waals surface area contributed by atoms with Gasteiger partial charge in [-0.15, -0.1) is 11.3 Å². The van der Waals surface area contributed by atoms with E-state index in [0.29, 0.717) is 24.3 Å². The Morgan fingerprint density at radius 2 is 2.04 bits per heavy atom. The van der Waals surface area contributed by atoms with Crippen molar-refractivity contribution in [3.63, 3.8) is 0 Å². The Labute approximate surface area is 145 Å². The first-order valence-electron chi connectivity index (χ1n) is 7.92. The SMILES string of the molecule is Cc1nc(Cc2ccccc2)sc1C(=O)N1CCC(C)(C(=O)O)C1. The third-order valence-corrected chi connectivity index (χ3v) is 5.66. The van der Waals surface area contributed by atoms with Crippen LogP contribution in [0.15, 0.2) is 30.3 Å². The number of carbonyl (C=O) groups is 2. The van der Waals surface area contributed by atoms with Crippen LogP contribution in [0.25, 0.3) is 0 Å². The van der Waals surface area contributed by atoms with Crippen LogP contribution in [0.5, 0.6) is 0 Å². The summed E-state index contributed by atoms with van der Waals surface area (Å²) in [7, 11) is 0. The number of carbonyl (C=O) groups excluding carboxylic acids is 1. The van der Waals surface area contributed by atoms with Crippen LogP contribution >= 0.6 is 11.3 Å². The summed E-state index contributed by atoms with van der Waals surface area (Å²) in [6.07, 6.45) is 1.19. The van der Waals surface area contributed by atoms with Crippen LogP contribution in [0.1, 0.15) is 39.3 Å². The Morgan fingerprint density at radius 1 is 1.33 bits per heavy atom. The minimum atomic E-state index is -0.846. The molecule has 3 rings (SSSR count). The van der Waals surface area contributed by atoms with Crippen molar-refractivity contribution in [1.29, 1.82) is 0 Å². The molecule has 1 unspecified atom stereocenters. The van der Waals surface area contributed by atoms with E-state index in [2.05, 4.69) is 4.98 Å². The fourth-order valence-corrected chi connectivity index (χ4v) is 4.02. The standard InChI is InChI=1S/C18H20N2O3S/c1-12-15(16(21)20-9-8-18(2,11-20)17(22)23)24-14(19-12)10-13-6-4-3-5-7-13/h3-7H,8-11H2,1-2H3,(H,22,23). The number of carboxylic acids is 1. The summed E-state index contributed by atoms with van der Waals surface area (Å²) in [5.41, 5.74) is 1.03. The van der Waals surface area contributed by atoms with Gasteiger partial charge in [0.05, 0.1) is 16.1 Å². The molecule has 0 bridgehead atoms. The molecule has 1 fully saturated rings. The molecule has 2 heterocycles. The number of benzene rings is 1. The molecule has 6 heteroatoms. The zero-order chi connectivity index (χ0) is 17.3. The van der Waals surface area contributed by atoms with Gasteiger partial charge in [-0.05, 0) is 25.8 Å². The molecule has 0 spiro atoms. The van der Waals surface area contributed by atoms with Gasteiger partial charge in [-0.3, -0.25) is 9.59 Å². The van der Waals surface area contributed by atoms with Gasteiger partial charge in [0.1, 0.15) is 4.88 Å². The molecule has 0 aliphatic carbocycles. The maximum absolute atomic E-state index is 12.7. The molecule has 1 aliphatic heterocycles. The number of aromatic nitrogens is 1. The molecule has 1 aliphatic rings. The van der Waals surface area contributed by atoms with Crippen LogP contribution in [0.2, 0.25) is 0 Å². The third kappa shape index (κ3) is 3.19. The number of thiazole rings is 1. The van der Waals surface area contributed by atoms with E-state index < -0.39 is 11.4 Å². The van der Waals surface area contributed by atoms with E-state index >= 15 is 0 Å². The van der Waals surface area contributed by atoms with Crippen molar-refractivity contribution in [2.75, 3.05) is 13.1 Å². The van der Waals surface area contributed by atoms with Crippen molar-refractivity contribution in [2.45, 2.75) is 26.7 Å². The van der Waals surface area contributed by atoms with E-state index in [9.17, 15) is 14.7 Å². The van der Waals surface area contributed by atoms with Gasteiger partial charge >= 0.3 is 5.97 Å². The molecular formula is C18H20N2O3S. The number of nitrogens with zero attached hydrogens (tertiary/aromatic N) is 2. The predicted molar refractivity (Wildman–Crippen MR) is 92.4 cm³/mol. The van der Waals surface area contributed by atoms with Gasteiger partial charge in [0.2, 0.25) is 0 Å². The molecule has 126 valence electrons. The molecule has 2 aromatic rings. The molecule has 1 N–H and O–H groups in total. The van der Waals surface area contributed by atoms with Crippen LogP contribution in [0.4, 0.5) is 0 Å². The van der Waals surface area contributed by atoms with Crippen molar-refractivity contribution >= 4 is 23.2 Å². The van der Waals surface area contributed by atoms with Gasteiger partial charge in [0, 0.05) is 19.5 Å². The second-order valence-electron chi connectivity index (χ2n) is 6.53. The number of likely N-dealkylation sites (tertiary alicyclic amines) is 1. The molecule has 1 amide bonds. The molecule has 0 radical (unpaired) electrons. The van der Waals surface area contributed by atoms with E-state index in [-0.39, 0.29) is 12.5 Å². The van der Waals surface area contributed by atoms with Gasteiger partial charge in [-0.25, -0.2) is 4.98 Å². The minimum Gasteiger partial charge on any atom is -0.481 e. The topological polar surface area (TPSA) is 70.5 Å². The van der Waals surface area contributed by atoms with Crippen molar-refractivity contribution in [3.05, 3.63) is 51.5 Å². The summed E-state index contributed by atoms with van der Waals surface area (Å²) in [4.78, 5) is 30.9. The van der Waals surface area contributed by atoms with Gasteiger partial charge < -0.3 is 10.0 Å². The summed E-state index contributed by atoms with van der Waals surface area (Å²) >= 11 is 1.41. The minimum absolute atomic E-state index is 0.103. The highest BCUT2D eigenvalue weighted by molar-refractivity contribution is 7.13. The smallest absolute Gasteiger partial charge is 0.311 e. The lowest BCUT2D eigenvalue weighted by Gasteiger charge is -2.19. The van der Waals surface area contributed by atoms with Crippen molar-refractivity contribution in [2.24, 2.45) is 5.41 Å². The Morgan fingerprint density at radius 3 is 2.67 bits per heavy atom. The second kappa shape index (κ2) is 6.36. The number of hydrogen-bond acceptors (Lipinski definition) is 4. The Kier molecular flexibility index (Phi) is 4.41. The Bertz CT molecular complexity index is 772. The Hall–Kier alpha value is -2.21. The molecule has 1 aromatic heterocycles. The van der Waals surface area contributed by atoms with E-state index in [1.807, 2.05) is 37.3 Å². The van der Waals surface area contributed by atoms with Crippen molar-refractivity contribution in [3.8, 4) is 0 Å². The van der Waals surface area contributed by atoms with E-state index in [1.54, 1.807) is 11.8 Å². The molecule has 5 nitrogen and oxygen atoms in total. The first-order valence-corrected chi connectivity index (χ1v) is 8.73. The number of carboxylic acid groups (broad SMARTS) is 1. The number of amides is 1. The van der Waals surface area contributed by atoms with Gasteiger partial charge in [0.15, 0.2) is 0 Å². The maximum Gasteiger partial charge on any atom is 0.311 e. The fourth-order valence-electron chi connectivity index (χ4n) is 2.95. The summed E-state index contributed by atoms with van der Waals surface area (Å²) in [6.45, 7) is 4.27. The zero-order valence-electron chi connectivity index (χ0n) is 13.8. The highest BCUT2D eigenvalue weighted by Crippen LogP contribution is 2.32. The highest BCUT2D eigenvalue weighted by Gasteiger charge is 2.42. The third-order valence-electron chi connectivity index (χ3n) is 4.51. The molecular weight excluding hydrogens is 324 g/mol. The Balaban J connectivity index is 1.76. The van der Waals surface area contributed by atoms with Crippen molar-refractivity contribution in [1.82, 2.24) is 9.88 Å². The van der Waals surface area contributed by atoms with E-state index in [1.165, 1.54) is 11.3 Å². The summed E-state index contributed by atoms with van der Waals surface area (Å²) in [5.74, 6) is -0.946. The molecule has 1 saturated heterocycles. The van der Waals surface area contributed by atoms with Gasteiger partial charge in [-0.2, -0.15) is 0 Å². The van der Waals surface area contributed by atoms with E-state index in [0.717, 1.165) is 16.3 Å². The average molecular weight is 344 g/mol. The lowest BCUT2D eigenvalue weighted by Crippen LogP contribution is -2.34. The summed E-state index contributed by atoms with van der Waals surface area (Å²) in [5, 5.41) is 10.2. The first-order chi connectivity index (χ1) is 11.4. The number of rotatable bonds is 4. The lowest BCUT2D eigenvalue weighted by atomic mass is 9.90. The molecule has 1 atom stereocenters. The predicted octanol–water partition coefficient (Wildman–Crippen LogP) is 2.98. The zero-order valence-corrected chi connectivity index (χ0v) is 14.6. The highest BCUT2D eigenvalue weighted by atomic mass is 32.1. The van der Waals surface area contributed by atoms with Crippen molar-refractivity contribution < 1.29 is 14.7 Å². The lowest BCUT2D eigenvalue weighted by molar-refractivity contribution is -0.147. The number of hydrogen-bond donors (Lipinski definition) is 1. The van der Waals surface area contributed by atoms with Gasteiger partial charge in [-0.1, -0.05) is 30.3 Å². The second-order valence-corrected chi connectivity index (χ2v) is 7.61. The summed E-state index contributed by atoms with van der Waals surface area (Å²) in [6, 6.07) is 10.0. The fraction of sp³-hybridized carbons (Fsp3) is 0.389.